The zero-order chi connectivity index (χ0) is 15.6. The van der Waals surface area contributed by atoms with Gasteiger partial charge < -0.3 is 15.3 Å². The maximum atomic E-state index is 12.7. The molecular formula is C17H22N2O3. The first-order valence-corrected chi connectivity index (χ1v) is 7.93. The lowest BCUT2D eigenvalue weighted by Crippen LogP contribution is -2.60. The molecule has 5 heteroatoms. The molecule has 2 N–H and O–H groups in total. The van der Waals surface area contributed by atoms with Crippen molar-refractivity contribution in [3.05, 3.63) is 35.4 Å². The highest BCUT2D eigenvalue weighted by molar-refractivity contribution is 5.93. The number of benzene rings is 1. The molecule has 0 aromatic heterocycles. The molecule has 0 bridgehead atoms. The fourth-order valence-electron chi connectivity index (χ4n) is 3.63. The number of hydrogen-bond acceptors (Lipinski definition) is 3. The average Bonchev–Trinajstić information content (AvgIpc) is 2.96. The van der Waals surface area contributed by atoms with E-state index in [9.17, 15) is 9.59 Å². The fourth-order valence-corrected chi connectivity index (χ4v) is 3.63. The minimum Gasteiger partial charge on any atom is -0.392 e. The van der Waals surface area contributed by atoms with Gasteiger partial charge in [-0.15, -0.1) is 0 Å². The number of likely N-dealkylation sites (tertiary alicyclic amines) is 1. The minimum atomic E-state index is -0.611. The first kappa shape index (κ1) is 15.0. The lowest BCUT2D eigenvalue weighted by Gasteiger charge is -2.40. The van der Waals surface area contributed by atoms with Crippen molar-refractivity contribution in [3.63, 3.8) is 0 Å². The Balaban J connectivity index is 1.74. The van der Waals surface area contributed by atoms with E-state index in [0.29, 0.717) is 19.5 Å². The Hall–Kier alpha value is -1.88. The third kappa shape index (κ3) is 2.61. The van der Waals surface area contributed by atoms with Crippen LogP contribution in [0.15, 0.2) is 24.3 Å². The van der Waals surface area contributed by atoms with Crippen LogP contribution in [-0.2, 0) is 22.6 Å². The molecule has 1 spiro atoms. The predicted molar refractivity (Wildman–Crippen MR) is 82.0 cm³/mol. The number of nitrogens with one attached hydrogen (secondary N) is 1. The topological polar surface area (TPSA) is 69.6 Å². The Kier molecular flexibility index (Phi) is 4.16. The Morgan fingerprint density at radius 2 is 1.86 bits per heavy atom. The summed E-state index contributed by atoms with van der Waals surface area (Å²) in [6.07, 6.45) is 3.67. The quantitative estimate of drug-likeness (QED) is 0.875. The molecule has 1 unspecified atom stereocenters. The lowest BCUT2D eigenvalue weighted by molar-refractivity contribution is -0.146. The standard InChI is InChI=1S/C17H22N2O3/c20-12-14-5-3-13(4-6-14)11-15(21)19-10-2-8-17(19)7-1-9-18-16(17)22/h3-6,20H,1-2,7-12H2,(H,18,22). The van der Waals surface area contributed by atoms with Crippen molar-refractivity contribution in [2.45, 2.75) is 44.2 Å². The molecule has 3 rings (SSSR count). The Morgan fingerprint density at radius 1 is 1.18 bits per heavy atom. The first-order valence-electron chi connectivity index (χ1n) is 7.93. The molecule has 2 aliphatic heterocycles. The molecule has 2 saturated heterocycles. The van der Waals surface area contributed by atoms with Crippen LogP contribution in [0.1, 0.15) is 36.8 Å². The summed E-state index contributed by atoms with van der Waals surface area (Å²) in [5.41, 5.74) is 1.14. The van der Waals surface area contributed by atoms with E-state index in [1.165, 1.54) is 0 Å². The number of rotatable bonds is 3. The van der Waals surface area contributed by atoms with Crippen LogP contribution in [0.5, 0.6) is 0 Å². The first-order chi connectivity index (χ1) is 10.7. The van der Waals surface area contributed by atoms with Crippen molar-refractivity contribution in [1.82, 2.24) is 10.2 Å². The molecule has 0 radical (unpaired) electrons. The van der Waals surface area contributed by atoms with E-state index in [1.54, 1.807) is 4.90 Å². The van der Waals surface area contributed by atoms with E-state index in [1.807, 2.05) is 24.3 Å². The van der Waals surface area contributed by atoms with E-state index in [2.05, 4.69) is 5.32 Å². The summed E-state index contributed by atoms with van der Waals surface area (Å²) in [4.78, 5) is 26.8. The Labute approximate surface area is 130 Å². The number of hydrogen-bond donors (Lipinski definition) is 2. The van der Waals surface area contributed by atoms with Gasteiger partial charge in [-0.25, -0.2) is 0 Å². The highest BCUT2D eigenvalue weighted by atomic mass is 16.3. The molecule has 5 nitrogen and oxygen atoms in total. The largest absolute Gasteiger partial charge is 0.392 e. The second kappa shape index (κ2) is 6.08. The molecule has 0 aliphatic carbocycles. The van der Waals surface area contributed by atoms with E-state index in [0.717, 1.165) is 36.8 Å². The summed E-state index contributed by atoms with van der Waals surface area (Å²) in [5.74, 6) is 0.0338. The van der Waals surface area contributed by atoms with E-state index in [-0.39, 0.29) is 18.4 Å². The highest BCUT2D eigenvalue weighted by Crippen LogP contribution is 2.36. The fraction of sp³-hybridized carbons (Fsp3) is 0.529. The van der Waals surface area contributed by atoms with Crippen molar-refractivity contribution >= 4 is 11.8 Å². The highest BCUT2D eigenvalue weighted by Gasteiger charge is 2.50. The minimum absolute atomic E-state index is 0.00360. The van der Waals surface area contributed by atoms with Gasteiger partial charge in [-0.05, 0) is 36.8 Å². The molecule has 2 aliphatic rings. The van der Waals surface area contributed by atoms with Gasteiger partial charge in [0.2, 0.25) is 11.8 Å². The van der Waals surface area contributed by atoms with Gasteiger partial charge in [0.15, 0.2) is 0 Å². The molecule has 118 valence electrons. The van der Waals surface area contributed by atoms with Gasteiger partial charge in [-0.1, -0.05) is 24.3 Å². The van der Waals surface area contributed by atoms with E-state index < -0.39 is 5.54 Å². The van der Waals surface area contributed by atoms with Gasteiger partial charge in [0.25, 0.3) is 0 Å². The van der Waals surface area contributed by atoms with Crippen molar-refractivity contribution in [3.8, 4) is 0 Å². The third-order valence-electron chi connectivity index (χ3n) is 4.83. The predicted octanol–water partition coefficient (Wildman–Crippen LogP) is 0.993. The Bertz CT molecular complexity index is 570. The van der Waals surface area contributed by atoms with Crippen LogP contribution in [0.2, 0.25) is 0 Å². The van der Waals surface area contributed by atoms with Crippen LogP contribution in [0.25, 0.3) is 0 Å². The molecule has 22 heavy (non-hydrogen) atoms. The van der Waals surface area contributed by atoms with E-state index >= 15 is 0 Å². The molecule has 2 fully saturated rings. The summed E-state index contributed by atoms with van der Waals surface area (Å²) >= 11 is 0. The van der Waals surface area contributed by atoms with Crippen LogP contribution in [0.4, 0.5) is 0 Å². The zero-order valence-corrected chi connectivity index (χ0v) is 12.7. The maximum Gasteiger partial charge on any atom is 0.245 e. The summed E-state index contributed by atoms with van der Waals surface area (Å²) in [7, 11) is 0. The maximum absolute atomic E-state index is 12.7. The van der Waals surface area contributed by atoms with Gasteiger partial charge in [-0.2, -0.15) is 0 Å². The lowest BCUT2D eigenvalue weighted by atomic mass is 9.86. The number of aliphatic hydroxyl groups is 1. The number of nitrogens with zero attached hydrogens (tertiary/aromatic N) is 1. The summed E-state index contributed by atoms with van der Waals surface area (Å²) in [6.45, 7) is 1.38. The van der Waals surface area contributed by atoms with Crippen molar-refractivity contribution in [2.75, 3.05) is 13.1 Å². The second-order valence-corrected chi connectivity index (χ2v) is 6.19. The molecule has 2 heterocycles. The summed E-state index contributed by atoms with van der Waals surface area (Å²) in [6, 6.07) is 7.39. The van der Waals surface area contributed by atoms with Crippen LogP contribution >= 0.6 is 0 Å². The Morgan fingerprint density at radius 3 is 2.55 bits per heavy atom. The smallest absolute Gasteiger partial charge is 0.245 e. The average molecular weight is 302 g/mol. The van der Waals surface area contributed by atoms with Gasteiger partial charge in [-0.3, -0.25) is 9.59 Å². The van der Waals surface area contributed by atoms with Crippen molar-refractivity contribution in [2.24, 2.45) is 0 Å². The molecule has 2 amide bonds. The number of carbonyl (C=O) groups excluding carboxylic acids is 2. The normalized spacial score (nSPS) is 24.6. The van der Waals surface area contributed by atoms with Gasteiger partial charge in [0.05, 0.1) is 13.0 Å². The molecule has 0 saturated carbocycles. The number of amides is 2. The molecule has 1 atom stereocenters. The number of carbonyl (C=O) groups is 2. The van der Waals surface area contributed by atoms with Crippen LogP contribution in [0, 0.1) is 0 Å². The summed E-state index contributed by atoms with van der Waals surface area (Å²) in [5, 5.41) is 12.0. The number of piperidine rings is 1. The molecular weight excluding hydrogens is 280 g/mol. The number of aliphatic hydroxyl groups excluding tert-OH is 1. The van der Waals surface area contributed by atoms with Gasteiger partial charge in [0, 0.05) is 13.1 Å². The van der Waals surface area contributed by atoms with Gasteiger partial charge in [0.1, 0.15) is 5.54 Å². The van der Waals surface area contributed by atoms with Crippen molar-refractivity contribution < 1.29 is 14.7 Å². The van der Waals surface area contributed by atoms with E-state index in [4.69, 9.17) is 5.11 Å². The molecule has 1 aromatic rings. The van der Waals surface area contributed by atoms with Gasteiger partial charge >= 0.3 is 0 Å². The molecule has 1 aromatic carbocycles. The van der Waals surface area contributed by atoms with Crippen molar-refractivity contribution in [1.29, 1.82) is 0 Å². The zero-order valence-electron chi connectivity index (χ0n) is 12.7. The van der Waals surface area contributed by atoms with Crippen LogP contribution in [0.3, 0.4) is 0 Å². The monoisotopic (exact) mass is 302 g/mol. The van der Waals surface area contributed by atoms with Crippen LogP contribution in [-0.4, -0.2) is 40.4 Å². The second-order valence-electron chi connectivity index (χ2n) is 6.19. The third-order valence-corrected chi connectivity index (χ3v) is 4.83. The van der Waals surface area contributed by atoms with Crippen LogP contribution < -0.4 is 5.32 Å². The SMILES string of the molecule is O=C(Cc1ccc(CO)cc1)N1CCCC12CCCNC2=O. The summed E-state index contributed by atoms with van der Waals surface area (Å²) < 4.78 is 0.